The minimum atomic E-state index is 0.750. The van der Waals surface area contributed by atoms with E-state index in [1.54, 1.807) is 0 Å². The zero-order valence-electron chi connectivity index (χ0n) is 9.79. The van der Waals surface area contributed by atoms with Crippen molar-refractivity contribution in [1.82, 2.24) is 9.80 Å². The van der Waals surface area contributed by atoms with E-state index in [-0.39, 0.29) is 0 Å². The van der Waals surface area contributed by atoms with Crippen LogP contribution in [0.3, 0.4) is 0 Å². The summed E-state index contributed by atoms with van der Waals surface area (Å²) in [6.07, 6.45) is 4.07. The van der Waals surface area contributed by atoms with Crippen molar-refractivity contribution in [1.29, 1.82) is 0 Å². The van der Waals surface area contributed by atoms with Crippen LogP contribution < -0.4 is 0 Å². The van der Waals surface area contributed by atoms with Crippen LogP contribution in [0.1, 0.15) is 19.3 Å². The first-order valence-corrected chi connectivity index (χ1v) is 6.78. The van der Waals surface area contributed by atoms with E-state index in [0.717, 1.165) is 17.7 Å². The smallest absolute Gasteiger partial charge is 0.0263 e. The molecule has 15 heavy (non-hydrogen) atoms. The number of hydrogen-bond acceptors (Lipinski definition) is 2. The van der Waals surface area contributed by atoms with Gasteiger partial charge in [0.25, 0.3) is 0 Å². The van der Waals surface area contributed by atoms with E-state index in [1.807, 2.05) is 0 Å². The van der Waals surface area contributed by atoms with Gasteiger partial charge in [-0.05, 0) is 51.2 Å². The molecular weight excluding hydrogens is 208 g/mol. The summed E-state index contributed by atoms with van der Waals surface area (Å²) in [5, 5.41) is 0. The molecule has 2 heterocycles. The molecule has 0 saturated carbocycles. The molecule has 2 aliphatic rings. The zero-order valence-corrected chi connectivity index (χ0v) is 10.5. The van der Waals surface area contributed by atoms with E-state index in [2.05, 4.69) is 16.8 Å². The maximum atomic E-state index is 5.95. The number of alkyl halides is 1. The van der Waals surface area contributed by atoms with Crippen molar-refractivity contribution in [3.05, 3.63) is 0 Å². The molecule has 0 bridgehead atoms. The van der Waals surface area contributed by atoms with Gasteiger partial charge < -0.3 is 9.80 Å². The lowest BCUT2D eigenvalue weighted by Gasteiger charge is -2.33. The fourth-order valence-corrected chi connectivity index (χ4v) is 3.24. The molecular formula is C12H23ClN2. The maximum Gasteiger partial charge on any atom is 0.0263 e. The molecule has 2 nitrogen and oxygen atoms in total. The quantitative estimate of drug-likeness (QED) is 0.684. The molecule has 0 amide bonds. The van der Waals surface area contributed by atoms with Gasteiger partial charge in [0.2, 0.25) is 0 Å². The minimum absolute atomic E-state index is 0.750. The molecule has 88 valence electrons. The Morgan fingerprint density at radius 2 is 2.00 bits per heavy atom. The van der Waals surface area contributed by atoms with Crippen molar-refractivity contribution in [2.24, 2.45) is 11.8 Å². The van der Waals surface area contributed by atoms with Crippen LogP contribution in [-0.2, 0) is 0 Å². The first-order chi connectivity index (χ1) is 7.28. The van der Waals surface area contributed by atoms with Crippen molar-refractivity contribution in [2.45, 2.75) is 19.3 Å². The zero-order chi connectivity index (χ0) is 10.7. The highest BCUT2D eigenvalue weighted by Crippen LogP contribution is 2.21. The molecule has 0 aromatic heterocycles. The third-order valence-electron chi connectivity index (χ3n) is 3.83. The monoisotopic (exact) mass is 230 g/mol. The van der Waals surface area contributed by atoms with E-state index in [0.29, 0.717) is 0 Å². The summed E-state index contributed by atoms with van der Waals surface area (Å²) >= 11 is 5.95. The summed E-state index contributed by atoms with van der Waals surface area (Å²) in [7, 11) is 2.23. The first kappa shape index (κ1) is 11.7. The molecule has 0 spiro atoms. The fraction of sp³-hybridized carbons (Fsp3) is 1.00. The fourth-order valence-electron chi connectivity index (χ4n) is 2.98. The molecule has 0 radical (unpaired) electrons. The third-order valence-corrected chi connectivity index (χ3v) is 4.26. The third kappa shape index (κ3) is 3.33. The summed E-state index contributed by atoms with van der Waals surface area (Å²) in [5.41, 5.74) is 0. The Labute approximate surface area is 98.6 Å². The predicted octanol–water partition coefficient (Wildman–Crippen LogP) is 1.89. The summed E-state index contributed by atoms with van der Waals surface area (Å²) in [6.45, 7) is 6.43. The first-order valence-electron chi connectivity index (χ1n) is 6.25. The Bertz CT molecular complexity index is 198. The Morgan fingerprint density at radius 3 is 2.67 bits per heavy atom. The topological polar surface area (TPSA) is 6.48 Å². The van der Waals surface area contributed by atoms with E-state index < -0.39 is 0 Å². The van der Waals surface area contributed by atoms with Gasteiger partial charge in [0.15, 0.2) is 0 Å². The standard InChI is InChI=1S/C12H23ClN2/c1-14-6-4-12(8-14)10-15-5-2-3-11(7-13)9-15/h11-12H,2-10H2,1H3. The second kappa shape index (κ2) is 5.51. The highest BCUT2D eigenvalue weighted by atomic mass is 35.5. The minimum Gasteiger partial charge on any atom is -0.306 e. The van der Waals surface area contributed by atoms with Gasteiger partial charge in [-0.3, -0.25) is 0 Å². The van der Waals surface area contributed by atoms with Gasteiger partial charge in [0.05, 0.1) is 0 Å². The van der Waals surface area contributed by atoms with E-state index in [9.17, 15) is 0 Å². The summed E-state index contributed by atoms with van der Waals surface area (Å²) in [4.78, 5) is 5.09. The molecule has 2 rings (SSSR count). The van der Waals surface area contributed by atoms with Gasteiger partial charge in [-0.15, -0.1) is 11.6 Å². The Morgan fingerprint density at radius 1 is 1.13 bits per heavy atom. The summed E-state index contributed by atoms with van der Waals surface area (Å²) in [5.74, 6) is 2.50. The molecule has 0 N–H and O–H groups in total. The summed E-state index contributed by atoms with van der Waals surface area (Å²) < 4.78 is 0. The molecule has 0 aromatic carbocycles. The lowest BCUT2D eigenvalue weighted by molar-refractivity contribution is 0.161. The van der Waals surface area contributed by atoms with E-state index in [4.69, 9.17) is 11.6 Å². The maximum absolute atomic E-state index is 5.95. The van der Waals surface area contributed by atoms with Crippen molar-refractivity contribution in [3.63, 3.8) is 0 Å². The van der Waals surface area contributed by atoms with Crippen molar-refractivity contribution in [2.75, 3.05) is 45.7 Å². The van der Waals surface area contributed by atoms with Crippen LogP contribution in [0.25, 0.3) is 0 Å². The summed E-state index contributed by atoms with van der Waals surface area (Å²) in [6, 6.07) is 0. The van der Waals surface area contributed by atoms with Crippen LogP contribution in [0.4, 0.5) is 0 Å². The number of likely N-dealkylation sites (tertiary alicyclic amines) is 2. The van der Waals surface area contributed by atoms with Gasteiger partial charge >= 0.3 is 0 Å². The van der Waals surface area contributed by atoms with Gasteiger partial charge in [0, 0.05) is 25.5 Å². The average molecular weight is 231 g/mol. The van der Waals surface area contributed by atoms with Gasteiger partial charge in [-0.1, -0.05) is 0 Å². The van der Waals surface area contributed by atoms with Crippen molar-refractivity contribution in [3.8, 4) is 0 Å². The highest BCUT2D eigenvalue weighted by molar-refractivity contribution is 6.18. The van der Waals surface area contributed by atoms with Crippen molar-refractivity contribution < 1.29 is 0 Å². The van der Waals surface area contributed by atoms with E-state index in [1.165, 1.54) is 52.0 Å². The van der Waals surface area contributed by atoms with Crippen LogP contribution >= 0.6 is 11.6 Å². The van der Waals surface area contributed by atoms with Crippen LogP contribution in [0.5, 0.6) is 0 Å². The Balaban J connectivity index is 1.74. The molecule has 2 fully saturated rings. The Kier molecular flexibility index (Phi) is 4.30. The molecule has 2 saturated heterocycles. The Hall–Kier alpha value is 0.210. The number of rotatable bonds is 3. The second-order valence-corrected chi connectivity index (χ2v) is 5.65. The molecule has 3 heteroatoms. The second-order valence-electron chi connectivity index (χ2n) is 5.34. The normalized spacial score (nSPS) is 34.8. The lowest BCUT2D eigenvalue weighted by atomic mass is 9.98. The van der Waals surface area contributed by atoms with Crippen LogP contribution in [0, 0.1) is 11.8 Å². The van der Waals surface area contributed by atoms with Crippen LogP contribution in [0.2, 0.25) is 0 Å². The lowest BCUT2D eigenvalue weighted by Crippen LogP contribution is -2.39. The number of hydrogen-bond donors (Lipinski definition) is 0. The molecule has 2 aliphatic heterocycles. The van der Waals surface area contributed by atoms with Crippen molar-refractivity contribution >= 4 is 11.6 Å². The SMILES string of the molecule is CN1CCC(CN2CCCC(CCl)C2)C1. The van der Waals surface area contributed by atoms with Gasteiger partial charge in [-0.2, -0.15) is 0 Å². The van der Waals surface area contributed by atoms with E-state index >= 15 is 0 Å². The molecule has 0 aliphatic carbocycles. The molecule has 2 unspecified atom stereocenters. The largest absolute Gasteiger partial charge is 0.306 e. The molecule has 2 atom stereocenters. The van der Waals surface area contributed by atoms with Gasteiger partial charge in [-0.25, -0.2) is 0 Å². The number of halogens is 1. The van der Waals surface area contributed by atoms with Crippen LogP contribution in [-0.4, -0.2) is 55.5 Å². The number of piperidine rings is 1. The average Bonchev–Trinajstić information content (AvgIpc) is 2.64. The van der Waals surface area contributed by atoms with Crippen LogP contribution in [0.15, 0.2) is 0 Å². The number of nitrogens with zero attached hydrogens (tertiary/aromatic N) is 2. The molecule has 0 aromatic rings. The highest BCUT2D eigenvalue weighted by Gasteiger charge is 2.25. The van der Waals surface area contributed by atoms with Gasteiger partial charge in [0.1, 0.15) is 0 Å². The predicted molar refractivity (Wildman–Crippen MR) is 65.5 cm³/mol.